The van der Waals surface area contributed by atoms with E-state index < -0.39 is 0 Å². The van der Waals surface area contributed by atoms with Gasteiger partial charge < -0.3 is 4.74 Å². The largest absolute Gasteiger partial charge is 0.492 e. The van der Waals surface area contributed by atoms with Crippen LogP contribution in [0.15, 0.2) is 83.3 Å². The first-order chi connectivity index (χ1) is 14.7. The summed E-state index contributed by atoms with van der Waals surface area (Å²) in [4.78, 5) is 15.1. The highest BCUT2D eigenvalue weighted by molar-refractivity contribution is 9.10. The number of nitrogens with zero attached hydrogens (tertiary/aromatic N) is 1. The van der Waals surface area contributed by atoms with E-state index in [0.717, 1.165) is 29.7 Å². The van der Waals surface area contributed by atoms with Crippen LogP contribution in [0.4, 0.5) is 0 Å². The van der Waals surface area contributed by atoms with Crippen LogP contribution in [0.25, 0.3) is 0 Å². The molecule has 30 heavy (non-hydrogen) atoms. The minimum Gasteiger partial charge on any atom is -0.492 e. The van der Waals surface area contributed by atoms with E-state index in [-0.39, 0.29) is 5.78 Å². The van der Waals surface area contributed by atoms with Crippen LogP contribution in [0.3, 0.4) is 0 Å². The van der Waals surface area contributed by atoms with Crippen LogP contribution in [0.2, 0.25) is 0 Å². The maximum absolute atomic E-state index is 12.6. The van der Waals surface area contributed by atoms with Gasteiger partial charge in [0.2, 0.25) is 0 Å². The van der Waals surface area contributed by atoms with Crippen molar-refractivity contribution in [3.05, 3.63) is 100 Å². The minimum absolute atomic E-state index is 0.0249. The van der Waals surface area contributed by atoms with E-state index in [2.05, 4.69) is 51.2 Å². The Kier molecular flexibility index (Phi) is 6.98. The first-order valence-electron chi connectivity index (χ1n) is 10.5. The van der Waals surface area contributed by atoms with Crippen molar-refractivity contribution in [2.24, 2.45) is 0 Å². The number of ketones is 1. The average molecular weight is 464 g/mol. The number of halogens is 1. The lowest BCUT2D eigenvalue weighted by molar-refractivity contribution is 0.103. The molecule has 3 aromatic rings. The molecule has 3 aromatic carbocycles. The molecule has 0 aromatic heterocycles. The second-order valence-corrected chi connectivity index (χ2v) is 8.65. The third-order valence-electron chi connectivity index (χ3n) is 5.69. The molecule has 0 amide bonds. The molecule has 4 rings (SSSR count). The molecule has 0 aliphatic carbocycles. The standard InChI is InChI=1S/C26H26BrNO2/c27-23-12-8-21(9-13-23)26(29)22-10-14-25(15-11-22)30-19-24-7-4-17-28(24)18-16-20-5-2-1-3-6-20/h1-3,5-6,8-15,24H,4,7,16-19H2. The Morgan fingerprint density at radius 2 is 1.60 bits per heavy atom. The molecule has 3 nitrogen and oxygen atoms in total. The summed E-state index contributed by atoms with van der Waals surface area (Å²) in [5.41, 5.74) is 2.75. The molecule has 1 atom stereocenters. The van der Waals surface area contributed by atoms with Crippen molar-refractivity contribution in [2.75, 3.05) is 19.7 Å². The fraction of sp³-hybridized carbons (Fsp3) is 0.269. The Bertz CT molecular complexity index is 955. The molecule has 1 aliphatic heterocycles. The Hall–Kier alpha value is -2.43. The fourth-order valence-corrected chi connectivity index (χ4v) is 4.22. The van der Waals surface area contributed by atoms with E-state index in [1.54, 1.807) is 0 Å². The van der Waals surface area contributed by atoms with Crippen molar-refractivity contribution in [1.29, 1.82) is 0 Å². The number of carbonyl (C=O) groups excluding carboxylic acids is 1. The van der Waals surface area contributed by atoms with E-state index in [9.17, 15) is 4.79 Å². The van der Waals surface area contributed by atoms with Crippen molar-refractivity contribution < 1.29 is 9.53 Å². The molecule has 0 bridgehead atoms. The SMILES string of the molecule is O=C(c1ccc(Br)cc1)c1ccc(OCC2CCCN2CCc2ccccc2)cc1. The highest BCUT2D eigenvalue weighted by Gasteiger charge is 2.24. The van der Waals surface area contributed by atoms with Crippen LogP contribution in [0, 0.1) is 0 Å². The first-order valence-corrected chi connectivity index (χ1v) is 11.3. The second-order valence-electron chi connectivity index (χ2n) is 7.74. The van der Waals surface area contributed by atoms with Gasteiger partial charge in [-0.15, -0.1) is 0 Å². The number of benzene rings is 3. The van der Waals surface area contributed by atoms with Gasteiger partial charge in [-0.25, -0.2) is 0 Å². The molecule has 1 saturated heterocycles. The van der Waals surface area contributed by atoms with Crippen LogP contribution in [-0.2, 0) is 6.42 Å². The lowest BCUT2D eigenvalue weighted by atomic mass is 10.0. The highest BCUT2D eigenvalue weighted by Crippen LogP contribution is 2.21. The summed E-state index contributed by atoms with van der Waals surface area (Å²) in [6, 6.07) is 26.0. The molecule has 1 heterocycles. The predicted octanol–water partition coefficient (Wildman–Crippen LogP) is 5.77. The number of rotatable bonds is 8. The normalized spacial score (nSPS) is 16.5. The van der Waals surface area contributed by atoms with Crippen molar-refractivity contribution in [3.8, 4) is 5.75 Å². The molecule has 1 unspecified atom stereocenters. The molecule has 1 fully saturated rings. The van der Waals surface area contributed by atoms with Crippen LogP contribution in [0.5, 0.6) is 5.75 Å². The summed E-state index contributed by atoms with van der Waals surface area (Å²) in [6.07, 6.45) is 3.47. The zero-order valence-electron chi connectivity index (χ0n) is 17.0. The van der Waals surface area contributed by atoms with Crippen molar-refractivity contribution in [2.45, 2.75) is 25.3 Å². The Labute approximate surface area is 186 Å². The van der Waals surface area contributed by atoms with E-state index in [0.29, 0.717) is 23.8 Å². The molecule has 1 aliphatic rings. The van der Waals surface area contributed by atoms with Crippen LogP contribution < -0.4 is 4.74 Å². The van der Waals surface area contributed by atoms with Gasteiger partial charge in [0.15, 0.2) is 5.78 Å². The Balaban J connectivity index is 1.30. The number of carbonyl (C=O) groups is 1. The zero-order chi connectivity index (χ0) is 20.8. The van der Waals surface area contributed by atoms with Crippen LogP contribution in [-0.4, -0.2) is 36.4 Å². The monoisotopic (exact) mass is 463 g/mol. The summed E-state index contributed by atoms with van der Waals surface area (Å²) in [6.45, 7) is 2.90. The first kappa shape index (κ1) is 20.8. The number of likely N-dealkylation sites (tertiary alicyclic amines) is 1. The van der Waals surface area contributed by atoms with Gasteiger partial charge in [-0.3, -0.25) is 9.69 Å². The molecule has 0 spiro atoms. The molecule has 154 valence electrons. The van der Waals surface area contributed by atoms with Gasteiger partial charge in [-0.05, 0) is 79.9 Å². The van der Waals surface area contributed by atoms with Gasteiger partial charge in [0.25, 0.3) is 0 Å². The minimum atomic E-state index is 0.0249. The van der Waals surface area contributed by atoms with Gasteiger partial charge in [-0.2, -0.15) is 0 Å². The Morgan fingerprint density at radius 3 is 2.30 bits per heavy atom. The van der Waals surface area contributed by atoms with Crippen LogP contribution >= 0.6 is 15.9 Å². The number of hydrogen-bond acceptors (Lipinski definition) is 3. The van der Waals surface area contributed by atoms with Gasteiger partial charge in [0.1, 0.15) is 12.4 Å². The summed E-state index contributed by atoms with van der Waals surface area (Å²) in [5, 5.41) is 0. The maximum atomic E-state index is 12.6. The third-order valence-corrected chi connectivity index (χ3v) is 6.22. The molecule has 0 saturated carbocycles. The van der Waals surface area contributed by atoms with Crippen LogP contribution in [0.1, 0.15) is 34.3 Å². The van der Waals surface area contributed by atoms with Gasteiger partial charge in [0.05, 0.1) is 0 Å². The van der Waals surface area contributed by atoms with Gasteiger partial charge in [0, 0.05) is 28.2 Å². The van der Waals surface area contributed by atoms with E-state index in [1.165, 1.54) is 18.4 Å². The summed E-state index contributed by atoms with van der Waals surface area (Å²) in [7, 11) is 0. The maximum Gasteiger partial charge on any atom is 0.193 e. The molecular weight excluding hydrogens is 438 g/mol. The third kappa shape index (κ3) is 5.38. The second kappa shape index (κ2) is 10.1. The van der Waals surface area contributed by atoms with E-state index in [4.69, 9.17) is 4.74 Å². The average Bonchev–Trinajstić information content (AvgIpc) is 3.25. The Morgan fingerprint density at radius 1 is 0.933 bits per heavy atom. The van der Waals surface area contributed by atoms with Crippen molar-refractivity contribution >= 4 is 21.7 Å². The zero-order valence-corrected chi connectivity index (χ0v) is 18.6. The molecule has 0 radical (unpaired) electrons. The number of hydrogen-bond donors (Lipinski definition) is 0. The molecular formula is C26H26BrNO2. The lowest BCUT2D eigenvalue weighted by Gasteiger charge is -2.24. The summed E-state index contributed by atoms with van der Waals surface area (Å²) >= 11 is 3.40. The molecule has 0 N–H and O–H groups in total. The number of ether oxygens (including phenoxy) is 1. The highest BCUT2D eigenvalue weighted by atomic mass is 79.9. The van der Waals surface area contributed by atoms with Crippen molar-refractivity contribution in [1.82, 2.24) is 4.90 Å². The van der Waals surface area contributed by atoms with E-state index >= 15 is 0 Å². The van der Waals surface area contributed by atoms with Gasteiger partial charge >= 0.3 is 0 Å². The summed E-state index contributed by atoms with van der Waals surface area (Å²) < 4.78 is 7.03. The lowest BCUT2D eigenvalue weighted by Crippen LogP contribution is -2.35. The predicted molar refractivity (Wildman–Crippen MR) is 124 cm³/mol. The molecule has 4 heteroatoms. The van der Waals surface area contributed by atoms with Gasteiger partial charge in [-0.1, -0.05) is 46.3 Å². The van der Waals surface area contributed by atoms with Crippen molar-refractivity contribution in [3.63, 3.8) is 0 Å². The quantitative estimate of drug-likeness (QED) is 0.397. The summed E-state index contributed by atoms with van der Waals surface area (Å²) in [5.74, 6) is 0.842. The topological polar surface area (TPSA) is 29.5 Å². The fourth-order valence-electron chi connectivity index (χ4n) is 3.96. The van der Waals surface area contributed by atoms with E-state index in [1.807, 2.05) is 48.5 Å². The smallest absolute Gasteiger partial charge is 0.193 e.